The number of aryl methyl sites for hydroxylation is 1. The lowest BCUT2D eigenvalue weighted by Gasteiger charge is -2.23. The van der Waals surface area contributed by atoms with Gasteiger partial charge < -0.3 is 15.2 Å². The van der Waals surface area contributed by atoms with Gasteiger partial charge >= 0.3 is 0 Å². The molecule has 2 aliphatic heterocycles. The van der Waals surface area contributed by atoms with Crippen LogP contribution in [0.15, 0.2) is 47.6 Å². The Hall–Kier alpha value is -4.08. The molecular weight excluding hydrogens is 413 g/mol. The van der Waals surface area contributed by atoms with Crippen molar-refractivity contribution in [3.63, 3.8) is 0 Å². The Labute approximate surface area is 182 Å². The molecule has 162 valence electrons. The Morgan fingerprint density at radius 1 is 1.12 bits per heavy atom. The lowest BCUT2D eigenvalue weighted by molar-refractivity contribution is 0.297. The lowest BCUT2D eigenvalue weighted by Crippen LogP contribution is -2.31. The zero-order chi connectivity index (χ0) is 21.8. The third-order valence-corrected chi connectivity index (χ3v) is 5.56. The SMILES string of the molecule is Cn1cc(C2N=C(N)Nc3nc4cc5c(cc4n32)OCCCO5)c(-c2ccc(F)cc2)n1. The lowest BCUT2D eigenvalue weighted by atomic mass is 10.1. The van der Waals surface area contributed by atoms with Crippen LogP contribution in [0.25, 0.3) is 22.3 Å². The standard InChI is InChI=1S/C22H20FN7O2/c1-29-11-14(19(28-29)12-3-5-13(23)6-4-12)20-26-21(24)27-22-25-15-9-17-18(10-16(15)30(20)22)32-8-2-7-31-17/h3-6,9-11,20H,2,7-8H2,1H3,(H3,24,25,26,27). The number of benzene rings is 2. The largest absolute Gasteiger partial charge is 0.489 e. The maximum Gasteiger partial charge on any atom is 0.212 e. The number of nitrogens with zero attached hydrogens (tertiary/aromatic N) is 5. The predicted molar refractivity (Wildman–Crippen MR) is 117 cm³/mol. The molecule has 2 aromatic carbocycles. The summed E-state index contributed by atoms with van der Waals surface area (Å²) >= 11 is 0. The second kappa shape index (κ2) is 6.98. The first kappa shape index (κ1) is 18.7. The highest BCUT2D eigenvalue weighted by atomic mass is 19.1. The number of ether oxygens (including phenoxy) is 2. The predicted octanol–water partition coefficient (Wildman–Crippen LogP) is 3.02. The van der Waals surface area contributed by atoms with Crippen LogP contribution >= 0.6 is 0 Å². The van der Waals surface area contributed by atoms with Crippen molar-refractivity contribution in [3.8, 4) is 22.8 Å². The minimum Gasteiger partial charge on any atom is -0.489 e. The van der Waals surface area contributed by atoms with Gasteiger partial charge in [-0.05, 0) is 24.3 Å². The molecule has 0 aliphatic carbocycles. The summed E-state index contributed by atoms with van der Waals surface area (Å²) in [7, 11) is 1.84. The summed E-state index contributed by atoms with van der Waals surface area (Å²) in [5.74, 6) is 1.85. The molecule has 1 unspecified atom stereocenters. The summed E-state index contributed by atoms with van der Waals surface area (Å²) < 4.78 is 28.9. The number of nitrogens with one attached hydrogen (secondary N) is 1. The van der Waals surface area contributed by atoms with Crippen molar-refractivity contribution in [2.75, 3.05) is 18.5 Å². The number of hydrogen-bond donors (Lipinski definition) is 2. The van der Waals surface area contributed by atoms with Gasteiger partial charge in [-0.25, -0.2) is 14.4 Å². The second-order valence-electron chi connectivity index (χ2n) is 7.77. The van der Waals surface area contributed by atoms with Gasteiger partial charge in [0.1, 0.15) is 5.82 Å². The molecule has 4 aromatic rings. The number of hydrogen-bond acceptors (Lipinski definition) is 7. The summed E-state index contributed by atoms with van der Waals surface area (Å²) in [6.07, 6.45) is 2.19. The number of rotatable bonds is 2. The van der Waals surface area contributed by atoms with Gasteiger partial charge in [0.2, 0.25) is 5.95 Å². The second-order valence-corrected chi connectivity index (χ2v) is 7.77. The number of guanidine groups is 1. The first-order valence-corrected chi connectivity index (χ1v) is 10.3. The Morgan fingerprint density at radius 3 is 2.66 bits per heavy atom. The summed E-state index contributed by atoms with van der Waals surface area (Å²) in [6.45, 7) is 1.18. The van der Waals surface area contributed by atoms with Gasteiger partial charge in [0, 0.05) is 42.9 Å². The van der Waals surface area contributed by atoms with E-state index in [2.05, 4.69) is 15.4 Å². The highest BCUT2D eigenvalue weighted by Gasteiger charge is 2.30. The van der Waals surface area contributed by atoms with Crippen LogP contribution < -0.4 is 20.5 Å². The number of aromatic nitrogens is 4. The highest BCUT2D eigenvalue weighted by molar-refractivity contribution is 5.95. The van der Waals surface area contributed by atoms with Crippen molar-refractivity contribution < 1.29 is 13.9 Å². The first-order valence-electron chi connectivity index (χ1n) is 10.3. The molecule has 0 spiro atoms. The molecule has 3 N–H and O–H groups in total. The van der Waals surface area contributed by atoms with Gasteiger partial charge in [-0.15, -0.1) is 0 Å². The molecule has 0 saturated heterocycles. The third-order valence-electron chi connectivity index (χ3n) is 5.56. The number of anilines is 1. The number of aliphatic imine (C=N–C) groups is 1. The molecule has 0 saturated carbocycles. The number of nitrogens with two attached hydrogens (primary N) is 1. The minimum atomic E-state index is -0.519. The van der Waals surface area contributed by atoms with E-state index in [1.54, 1.807) is 16.8 Å². The average molecular weight is 433 g/mol. The zero-order valence-corrected chi connectivity index (χ0v) is 17.2. The van der Waals surface area contributed by atoms with Crippen LogP contribution in [-0.2, 0) is 7.05 Å². The number of imidazole rings is 1. The van der Waals surface area contributed by atoms with E-state index >= 15 is 0 Å². The van der Waals surface area contributed by atoms with E-state index in [1.807, 2.05) is 29.9 Å². The smallest absolute Gasteiger partial charge is 0.212 e. The maximum atomic E-state index is 13.5. The molecule has 2 aromatic heterocycles. The molecule has 10 heteroatoms. The van der Waals surface area contributed by atoms with Gasteiger partial charge in [-0.1, -0.05) is 0 Å². The molecule has 32 heavy (non-hydrogen) atoms. The van der Waals surface area contributed by atoms with E-state index in [0.717, 1.165) is 28.6 Å². The van der Waals surface area contributed by atoms with E-state index in [4.69, 9.17) is 20.2 Å². The quantitative estimate of drug-likeness (QED) is 0.504. The highest BCUT2D eigenvalue weighted by Crippen LogP contribution is 2.40. The minimum absolute atomic E-state index is 0.251. The Morgan fingerprint density at radius 2 is 1.88 bits per heavy atom. The zero-order valence-electron chi connectivity index (χ0n) is 17.2. The van der Waals surface area contributed by atoms with Crippen LogP contribution in [-0.4, -0.2) is 38.5 Å². The van der Waals surface area contributed by atoms with Crippen molar-refractivity contribution >= 4 is 22.9 Å². The molecule has 0 radical (unpaired) electrons. The van der Waals surface area contributed by atoms with Crippen molar-refractivity contribution in [1.82, 2.24) is 19.3 Å². The summed E-state index contributed by atoms with van der Waals surface area (Å²) in [4.78, 5) is 9.39. The van der Waals surface area contributed by atoms with Crippen molar-refractivity contribution in [1.29, 1.82) is 0 Å². The van der Waals surface area contributed by atoms with Gasteiger partial charge in [0.05, 0.1) is 29.9 Å². The van der Waals surface area contributed by atoms with Crippen LogP contribution in [0.2, 0.25) is 0 Å². The average Bonchev–Trinajstić information content (AvgIpc) is 3.23. The van der Waals surface area contributed by atoms with E-state index in [0.29, 0.717) is 36.4 Å². The van der Waals surface area contributed by atoms with Crippen LogP contribution in [0.4, 0.5) is 10.3 Å². The Balaban J connectivity index is 1.55. The molecule has 0 fully saturated rings. The fourth-order valence-electron chi connectivity index (χ4n) is 4.16. The van der Waals surface area contributed by atoms with Crippen LogP contribution in [0.5, 0.6) is 11.5 Å². The molecule has 6 rings (SSSR count). The molecule has 4 heterocycles. The molecule has 9 nitrogen and oxygen atoms in total. The fraction of sp³-hybridized carbons (Fsp3) is 0.227. The maximum absolute atomic E-state index is 13.5. The van der Waals surface area contributed by atoms with E-state index < -0.39 is 6.17 Å². The van der Waals surface area contributed by atoms with Gasteiger partial charge in [-0.3, -0.25) is 14.6 Å². The van der Waals surface area contributed by atoms with Gasteiger partial charge in [0.25, 0.3) is 0 Å². The normalized spacial score (nSPS) is 17.4. The topological polar surface area (TPSA) is 105 Å². The molecule has 0 amide bonds. The monoisotopic (exact) mass is 433 g/mol. The van der Waals surface area contributed by atoms with Gasteiger partial charge in [-0.2, -0.15) is 5.10 Å². The van der Waals surface area contributed by atoms with Gasteiger partial charge in [0.15, 0.2) is 23.6 Å². The Bertz CT molecular complexity index is 1370. The molecule has 2 aliphatic rings. The number of fused-ring (bicyclic) bond motifs is 4. The van der Waals surface area contributed by atoms with Crippen LogP contribution in [0.1, 0.15) is 18.2 Å². The van der Waals surface area contributed by atoms with Crippen molar-refractivity contribution in [2.45, 2.75) is 12.6 Å². The van der Waals surface area contributed by atoms with Crippen molar-refractivity contribution in [2.24, 2.45) is 17.8 Å². The van der Waals surface area contributed by atoms with E-state index in [1.165, 1.54) is 12.1 Å². The van der Waals surface area contributed by atoms with E-state index in [-0.39, 0.29) is 11.8 Å². The molecule has 0 bridgehead atoms. The van der Waals surface area contributed by atoms with Crippen LogP contribution in [0, 0.1) is 5.82 Å². The summed E-state index contributed by atoms with van der Waals surface area (Å²) in [5, 5.41) is 7.66. The summed E-state index contributed by atoms with van der Waals surface area (Å²) in [5.41, 5.74) is 9.97. The summed E-state index contributed by atoms with van der Waals surface area (Å²) in [6, 6.07) is 10.0. The third kappa shape index (κ3) is 2.95. The van der Waals surface area contributed by atoms with Crippen LogP contribution in [0.3, 0.4) is 0 Å². The first-order chi connectivity index (χ1) is 15.6. The fourth-order valence-corrected chi connectivity index (χ4v) is 4.16. The van der Waals surface area contributed by atoms with E-state index in [9.17, 15) is 4.39 Å². The number of halogens is 1. The molecular formula is C22H20FN7O2. The molecule has 1 atom stereocenters. The Kier molecular flexibility index (Phi) is 4.07. The van der Waals surface area contributed by atoms with Crippen molar-refractivity contribution in [3.05, 3.63) is 54.0 Å².